The molecule has 1 saturated heterocycles. The van der Waals surface area contributed by atoms with Crippen LogP contribution >= 0.6 is 0 Å². The number of aromatic nitrogens is 2. The zero-order valence-corrected chi connectivity index (χ0v) is 12.1. The van der Waals surface area contributed by atoms with Gasteiger partial charge in [-0.2, -0.15) is 0 Å². The van der Waals surface area contributed by atoms with Gasteiger partial charge in [0, 0.05) is 55.7 Å². The van der Waals surface area contributed by atoms with Crippen LogP contribution in [0.5, 0.6) is 0 Å². The molecule has 1 unspecified atom stereocenters. The lowest BCUT2D eigenvalue weighted by Gasteiger charge is -2.20. The topological polar surface area (TPSA) is 61.3 Å². The Morgan fingerprint density at radius 2 is 2.05 bits per heavy atom. The fraction of sp³-hybridized carbons (Fsp3) is 0.714. The highest BCUT2D eigenvalue weighted by molar-refractivity contribution is 5.31. The number of rotatable bonds is 4. The minimum atomic E-state index is 0.0992. The molecule has 0 bridgehead atoms. The van der Waals surface area contributed by atoms with Gasteiger partial charge in [0.15, 0.2) is 0 Å². The minimum Gasteiger partial charge on any atom is -0.396 e. The van der Waals surface area contributed by atoms with Crippen molar-refractivity contribution >= 4 is 5.95 Å². The Balaban J connectivity index is 1.92. The maximum atomic E-state index is 9.15. The first kappa shape index (κ1) is 14.2. The van der Waals surface area contributed by atoms with Crippen molar-refractivity contribution in [2.75, 3.05) is 24.6 Å². The summed E-state index contributed by atoms with van der Waals surface area (Å²) in [7, 11) is 0. The van der Waals surface area contributed by atoms with Gasteiger partial charge in [-0.3, -0.25) is 0 Å². The van der Waals surface area contributed by atoms with E-state index in [2.05, 4.69) is 41.0 Å². The summed E-state index contributed by atoms with van der Waals surface area (Å²) in [4.78, 5) is 11.0. The van der Waals surface area contributed by atoms with Gasteiger partial charge < -0.3 is 15.3 Å². The van der Waals surface area contributed by atoms with E-state index in [9.17, 15) is 0 Å². The third kappa shape index (κ3) is 4.14. The van der Waals surface area contributed by atoms with Crippen LogP contribution in [0.15, 0.2) is 12.4 Å². The molecule has 106 valence electrons. The fourth-order valence-electron chi connectivity index (χ4n) is 2.13. The van der Waals surface area contributed by atoms with Crippen LogP contribution < -0.4 is 10.2 Å². The van der Waals surface area contributed by atoms with Crippen LogP contribution in [0.25, 0.3) is 0 Å². The van der Waals surface area contributed by atoms with Crippen molar-refractivity contribution in [1.82, 2.24) is 15.3 Å². The van der Waals surface area contributed by atoms with Crippen molar-refractivity contribution in [3.05, 3.63) is 18.0 Å². The Morgan fingerprint density at radius 1 is 1.37 bits per heavy atom. The van der Waals surface area contributed by atoms with E-state index in [4.69, 9.17) is 5.11 Å². The van der Waals surface area contributed by atoms with Gasteiger partial charge >= 0.3 is 0 Å². The molecule has 5 nitrogen and oxygen atoms in total. The number of aliphatic hydroxyl groups is 1. The number of nitrogens with zero attached hydrogens (tertiary/aromatic N) is 3. The van der Waals surface area contributed by atoms with Crippen LogP contribution in [0.2, 0.25) is 0 Å². The van der Waals surface area contributed by atoms with Gasteiger partial charge in [-0.1, -0.05) is 0 Å². The second-order valence-electron chi connectivity index (χ2n) is 6.28. The van der Waals surface area contributed by atoms with Crippen molar-refractivity contribution in [3.8, 4) is 0 Å². The van der Waals surface area contributed by atoms with E-state index >= 15 is 0 Å². The molecule has 5 heteroatoms. The molecule has 0 amide bonds. The molecular weight excluding hydrogens is 240 g/mol. The predicted octanol–water partition coefficient (Wildman–Crippen LogP) is 1.18. The largest absolute Gasteiger partial charge is 0.396 e. The van der Waals surface area contributed by atoms with Crippen molar-refractivity contribution in [1.29, 1.82) is 0 Å². The van der Waals surface area contributed by atoms with Gasteiger partial charge in [0.05, 0.1) is 0 Å². The standard InChI is InChI=1S/C14H24N4O/c1-14(2,3)17-8-12-6-15-13(16-7-12)18-5-4-11(9-18)10-19/h6-7,11,17,19H,4-5,8-10H2,1-3H3. The molecule has 2 heterocycles. The van der Waals surface area contributed by atoms with Crippen LogP contribution in [0, 0.1) is 5.92 Å². The lowest BCUT2D eigenvalue weighted by molar-refractivity contribution is 0.238. The van der Waals surface area contributed by atoms with Crippen LogP contribution in [0.3, 0.4) is 0 Å². The van der Waals surface area contributed by atoms with E-state index in [1.807, 2.05) is 12.4 Å². The highest BCUT2D eigenvalue weighted by Gasteiger charge is 2.23. The Hall–Kier alpha value is -1.20. The van der Waals surface area contributed by atoms with Gasteiger partial charge in [0.1, 0.15) is 0 Å². The number of anilines is 1. The SMILES string of the molecule is CC(C)(C)NCc1cnc(N2CCC(CO)C2)nc1. The monoisotopic (exact) mass is 264 g/mol. The summed E-state index contributed by atoms with van der Waals surface area (Å²) in [5.74, 6) is 1.14. The first-order valence-electron chi connectivity index (χ1n) is 6.90. The van der Waals surface area contributed by atoms with Crippen molar-refractivity contribution in [2.45, 2.75) is 39.3 Å². The summed E-state index contributed by atoms with van der Waals surface area (Å²) in [5.41, 5.74) is 1.19. The lowest BCUT2D eigenvalue weighted by Crippen LogP contribution is -2.35. The summed E-state index contributed by atoms with van der Waals surface area (Å²) in [5, 5.41) is 12.6. The van der Waals surface area contributed by atoms with E-state index in [-0.39, 0.29) is 12.1 Å². The third-order valence-electron chi connectivity index (χ3n) is 3.34. The molecule has 0 saturated carbocycles. The maximum absolute atomic E-state index is 9.15. The second-order valence-corrected chi connectivity index (χ2v) is 6.28. The Labute approximate surface area is 115 Å². The average Bonchev–Trinajstić information content (AvgIpc) is 2.85. The smallest absolute Gasteiger partial charge is 0.225 e. The maximum Gasteiger partial charge on any atom is 0.225 e. The summed E-state index contributed by atoms with van der Waals surface area (Å²) < 4.78 is 0. The van der Waals surface area contributed by atoms with E-state index in [0.29, 0.717) is 5.92 Å². The van der Waals surface area contributed by atoms with E-state index < -0.39 is 0 Å². The second kappa shape index (κ2) is 5.84. The van der Waals surface area contributed by atoms with Crippen molar-refractivity contribution in [3.63, 3.8) is 0 Å². The molecule has 1 aromatic rings. The Morgan fingerprint density at radius 3 is 2.58 bits per heavy atom. The van der Waals surface area contributed by atoms with Gasteiger partial charge in [-0.25, -0.2) is 9.97 Å². The fourth-order valence-corrected chi connectivity index (χ4v) is 2.13. The summed E-state index contributed by atoms with van der Waals surface area (Å²) in [6, 6.07) is 0. The molecule has 19 heavy (non-hydrogen) atoms. The zero-order valence-electron chi connectivity index (χ0n) is 12.1. The molecule has 0 aromatic carbocycles. The van der Waals surface area contributed by atoms with Gasteiger partial charge in [0.2, 0.25) is 5.95 Å². The van der Waals surface area contributed by atoms with Crippen LogP contribution in [-0.2, 0) is 6.54 Å². The molecule has 1 fully saturated rings. The number of hydrogen-bond acceptors (Lipinski definition) is 5. The first-order chi connectivity index (χ1) is 8.98. The molecule has 2 rings (SSSR count). The highest BCUT2D eigenvalue weighted by Crippen LogP contribution is 2.19. The number of aliphatic hydroxyl groups excluding tert-OH is 1. The number of hydrogen-bond donors (Lipinski definition) is 2. The normalized spacial score (nSPS) is 20.0. The first-order valence-corrected chi connectivity index (χ1v) is 6.90. The van der Waals surface area contributed by atoms with E-state index in [0.717, 1.165) is 37.6 Å². The van der Waals surface area contributed by atoms with E-state index in [1.54, 1.807) is 0 Å². The molecule has 2 N–H and O–H groups in total. The number of nitrogens with one attached hydrogen (secondary N) is 1. The summed E-state index contributed by atoms with van der Waals surface area (Å²) in [6.45, 7) is 9.25. The molecule has 0 aliphatic carbocycles. The van der Waals surface area contributed by atoms with Crippen molar-refractivity contribution < 1.29 is 5.11 Å². The van der Waals surface area contributed by atoms with Crippen LogP contribution in [-0.4, -0.2) is 40.3 Å². The third-order valence-corrected chi connectivity index (χ3v) is 3.34. The van der Waals surface area contributed by atoms with Crippen LogP contribution in [0.1, 0.15) is 32.8 Å². The Bertz CT molecular complexity index is 399. The molecule has 0 radical (unpaired) electrons. The summed E-state index contributed by atoms with van der Waals surface area (Å²) in [6.07, 6.45) is 4.79. The van der Waals surface area contributed by atoms with Gasteiger partial charge in [0.25, 0.3) is 0 Å². The molecular formula is C14H24N4O. The van der Waals surface area contributed by atoms with Crippen molar-refractivity contribution in [2.24, 2.45) is 5.92 Å². The predicted molar refractivity (Wildman–Crippen MR) is 76.0 cm³/mol. The minimum absolute atomic E-state index is 0.0992. The molecule has 1 aliphatic heterocycles. The average molecular weight is 264 g/mol. The lowest BCUT2D eigenvalue weighted by atomic mass is 10.1. The Kier molecular flexibility index (Phi) is 4.37. The zero-order chi connectivity index (χ0) is 13.9. The molecule has 1 aliphatic rings. The summed E-state index contributed by atoms with van der Waals surface area (Å²) >= 11 is 0. The van der Waals surface area contributed by atoms with Gasteiger partial charge in [-0.05, 0) is 27.2 Å². The highest BCUT2D eigenvalue weighted by atomic mass is 16.3. The van der Waals surface area contributed by atoms with Crippen LogP contribution in [0.4, 0.5) is 5.95 Å². The van der Waals surface area contributed by atoms with E-state index in [1.165, 1.54) is 0 Å². The molecule has 1 atom stereocenters. The quantitative estimate of drug-likeness (QED) is 0.855. The molecule has 1 aromatic heterocycles. The molecule has 0 spiro atoms. The van der Waals surface area contributed by atoms with Gasteiger partial charge in [-0.15, -0.1) is 0 Å².